The van der Waals surface area contributed by atoms with Crippen LogP contribution in [0.4, 0.5) is 11.4 Å². The number of nitrogens with two attached hydrogens (primary N) is 1. The number of hydrogen-bond donors (Lipinski definition) is 1. The van der Waals surface area contributed by atoms with E-state index in [1.54, 1.807) is 29.2 Å². The first kappa shape index (κ1) is 15.2. The van der Waals surface area contributed by atoms with Crippen LogP contribution in [0.5, 0.6) is 5.75 Å². The molecular formula is C19H20N2O2. The number of hydrogen-bond acceptors (Lipinski definition) is 3. The summed E-state index contributed by atoms with van der Waals surface area (Å²) in [6.45, 7) is 5.96. The van der Waals surface area contributed by atoms with Gasteiger partial charge >= 0.3 is 0 Å². The molecule has 0 aromatic heterocycles. The molecule has 0 saturated heterocycles. The molecule has 4 nitrogen and oxygen atoms in total. The summed E-state index contributed by atoms with van der Waals surface area (Å²) < 4.78 is 5.84. The molecule has 1 aliphatic rings. The third-order valence-electron chi connectivity index (χ3n) is 3.75. The highest BCUT2D eigenvalue weighted by molar-refractivity contribution is 6.10. The topological polar surface area (TPSA) is 55.6 Å². The maximum atomic E-state index is 12.8. The van der Waals surface area contributed by atoms with Gasteiger partial charge in [0.25, 0.3) is 5.91 Å². The van der Waals surface area contributed by atoms with E-state index >= 15 is 0 Å². The number of carbonyl (C=O) groups is 1. The van der Waals surface area contributed by atoms with E-state index in [9.17, 15) is 4.79 Å². The van der Waals surface area contributed by atoms with Crippen molar-refractivity contribution in [3.63, 3.8) is 0 Å². The van der Waals surface area contributed by atoms with Gasteiger partial charge in [0, 0.05) is 11.7 Å². The molecule has 0 fully saturated rings. The molecule has 2 N–H and O–H groups in total. The molecule has 4 heteroatoms. The molecule has 3 rings (SSSR count). The molecule has 0 saturated carbocycles. The first-order valence-corrected chi connectivity index (χ1v) is 7.65. The van der Waals surface area contributed by atoms with E-state index in [1.807, 2.05) is 45.0 Å². The molecule has 1 heterocycles. The van der Waals surface area contributed by atoms with Crippen LogP contribution in [0, 0.1) is 6.92 Å². The van der Waals surface area contributed by atoms with Crippen molar-refractivity contribution in [2.24, 2.45) is 0 Å². The van der Waals surface area contributed by atoms with Crippen LogP contribution in [0.15, 0.2) is 48.2 Å². The van der Waals surface area contributed by atoms with E-state index in [1.165, 1.54) is 0 Å². The number of carbonyl (C=O) groups excluding carboxylic acids is 1. The van der Waals surface area contributed by atoms with Crippen molar-refractivity contribution in [3.8, 4) is 5.75 Å². The van der Waals surface area contributed by atoms with Gasteiger partial charge in [-0.05, 0) is 50.6 Å². The number of rotatable bonds is 2. The fourth-order valence-electron chi connectivity index (χ4n) is 2.71. The fourth-order valence-corrected chi connectivity index (χ4v) is 2.71. The van der Waals surface area contributed by atoms with Gasteiger partial charge < -0.3 is 10.5 Å². The lowest BCUT2D eigenvalue weighted by Gasteiger charge is -2.33. The molecule has 2 aromatic carbocycles. The number of anilines is 2. The Morgan fingerprint density at radius 1 is 1.17 bits per heavy atom. The monoisotopic (exact) mass is 308 g/mol. The van der Waals surface area contributed by atoms with Crippen LogP contribution in [-0.4, -0.2) is 11.9 Å². The van der Waals surface area contributed by atoms with Gasteiger partial charge in [-0.3, -0.25) is 9.69 Å². The van der Waals surface area contributed by atoms with Gasteiger partial charge in [-0.25, -0.2) is 0 Å². The summed E-state index contributed by atoms with van der Waals surface area (Å²) >= 11 is 0. The largest absolute Gasteiger partial charge is 0.449 e. The third kappa shape index (κ3) is 2.93. The minimum absolute atomic E-state index is 0.00728. The number of benzene rings is 2. The Morgan fingerprint density at radius 3 is 2.65 bits per heavy atom. The van der Waals surface area contributed by atoms with Crippen LogP contribution in [-0.2, 0) is 4.79 Å². The summed E-state index contributed by atoms with van der Waals surface area (Å²) in [7, 11) is 0. The molecule has 0 spiro atoms. The smallest absolute Gasteiger partial charge is 0.294 e. The van der Waals surface area contributed by atoms with E-state index in [4.69, 9.17) is 10.5 Å². The second kappa shape index (κ2) is 5.80. The lowest BCUT2D eigenvalue weighted by molar-refractivity contribution is -0.117. The minimum Gasteiger partial charge on any atom is -0.449 e. The Balaban J connectivity index is 2.08. The van der Waals surface area contributed by atoms with Gasteiger partial charge in [0.1, 0.15) is 0 Å². The molecule has 1 amide bonds. The first-order valence-electron chi connectivity index (χ1n) is 7.65. The standard InChI is InChI=1S/C19H20N2O2/c1-12(2)21-16-11-15(20)7-8-17(16)23-18(19(21)22)10-14-6-4-5-13(3)9-14/h4-12H,20H2,1-3H3/b18-10+. The minimum atomic E-state index is -0.153. The van der Waals surface area contributed by atoms with E-state index in [0.29, 0.717) is 22.9 Å². The Kier molecular flexibility index (Phi) is 3.82. The molecule has 2 aromatic rings. The summed E-state index contributed by atoms with van der Waals surface area (Å²) in [5.41, 5.74) is 9.26. The van der Waals surface area contributed by atoms with Crippen molar-refractivity contribution in [1.29, 1.82) is 0 Å². The quantitative estimate of drug-likeness (QED) is 0.679. The number of ether oxygens (including phenoxy) is 1. The molecule has 0 unspecified atom stereocenters. The SMILES string of the molecule is Cc1cccc(/C=C2/Oc3ccc(N)cc3N(C(C)C)C2=O)c1. The van der Waals surface area contributed by atoms with Crippen molar-refractivity contribution < 1.29 is 9.53 Å². The molecule has 0 bridgehead atoms. The molecule has 0 radical (unpaired) electrons. The molecule has 118 valence electrons. The summed E-state index contributed by atoms with van der Waals surface area (Å²) in [5.74, 6) is 0.813. The lowest BCUT2D eigenvalue weighted by Crippen LogP contribution is -2.42. The van der Waals surface area contributed by atoms with Crippen LogP contribution < -0.4 is 15.4 Å². The molecule has 0 atom stereocenters. The number of nitrogen functional groups attached to an aromatic ring is 1. The van der Waals surface area contributed by atoms with Crippen LogP contribution in [0.3, 0.4) is 0 Å². The highest BCUT2D eigenvalue weighted by atomic mass is 16.5. The Labute approximate surface area is 136 Å². The Morgan fingerprint density at radius 2 is 1.96 bits per heavy atom. The average molecular weight is 308 g/mol. The van der Waals surface area contributed by atoms with Crippen LogP contribution in [0.25, 0.3) is 6.08 Å². The average Bonchev–Trinajstić information content (AvgIpc) is 2.48. The predicted octanol–water partition coefficient (Wildman–Crippen LogP) is 3.75. The summed E-state index contributed by atoms with van der Waals surface area (Å²) in [6.07, 6.45) is 1.78. The van der Waals surface area contributed by atoms with E-state index in [0.717, 1.165) is 11.1 Å². The van der Waals surface area contributed by atoms with Crippen LogP contribution >= 0.6 is 0 Å². The molecular weight excluding hydrogens is 288 g/mol. The van der Waals surface area contributed by atoms with E-state index in [2.05, 4.69) is 0 Å². The highest BCUT2D eigenvalue weighted by Gasteiger charge is 2.32. The van der Waals surface area contributed by atoms with Crippen molar-refractivity contribution in [2.45, 2.75) is 26.8 Å². The Hall–Kier alpha value is -2.75. The van der Waals surface area contributed by atoms with E-state index < -0.39 is 0 Å². The number of fused-ring (bicyclic) bond motifs is 1. The van der Waals surface area contributed by atoms with Gasteiger partial charge in [0.05, 0.1) is 5.69 Å². The maximum Gasteiger partial charge on any atom is 0.294 e. The molecule has 23 heavy (non-hydrogen) atoms. The fraction of sp³-hybridized carbons (Fsp3) is 0.211. The van der Waals surface area contributed by atoms with Gasteiger partial charge in [0.2, 0.25) is 0 Å². The maximum absolute atomic E-state index is 12.8. The Bertz CT molecular complexity index is 794. The van der Waals surface area contributed by atoms with Crippen molar-refractivity contribution in [1.82, 2.24) is 0 Å². The second-order valence-corrected chi connectivity index (χ2v) is 6.02. The van der Waals surface area contributed by atoms with Gasteiger partial charge in [-0.15, -0.1) is 0 Å². The second-order valence-electron chi connectivity index (χ2n) is 6.02. The number of aryl methyl sites for hydroxylation is 1. The highest BCUT2D eigenvalue weighted by Crippen LogP contribution is 2.38. The van der Waals surface area contributed by atoms with Gasteiger partial charge in [0.15, 0.2) is 11.5 Å². The number of amides is 1. The summed E-state index contributed by atoms with van der Waals surface area (Å²) in [4.78, 5) is 14.5. The summed E-state index contributed by atoms with van der Waals surface area (Å²) in [5, 5.41) is 0. The molecule has 0 aliphatic carbocycles. The van der Waals surface area contributed by atoms with E-state index in [-0.39, 0.29) is 11.9 Å². The zero-order valence-electron chi connectivity index (χ0n) is 13.5. The normalized spacial score (nSPS) is 15.7. The molecule has 1 aliphatic heterocycles. The van der Waals surface area contributed by atoms with Crippen LogP contribution in [0.2, 0.25) is 0 Å². The third-order valence-corrected chi connectivity index (χ3v) is 3.75. The zero-order chi connectivity index (χ0) is 16.6. The zero-order valence-corrected chi connectivity index (χ0v) is 13.5. The van der Waals surface area contributed by atoms with Crippen molar-refractivity contribution >= 4 is 23.4 Å². The summed E-state index contributed by atoms with van der Waals surface area (Å²) in [6, 6.07) is 13.3. The predicted molar refractivity (Wildman–Crippen MR) is 93.3 cm³/mol. The van der Waals surface area contributed by atoms with Gasteiger partial charge in [-0.1, -0.05) is 29.8 Å². The lowest BCUT2D eigenvalue weighted by atomic mass is 10.1. The first-order chi connectivity index (χ1) is 11.0. The van der Waals surface area contributed by atoms with Gasteiger partial charge in [-0.2, -0.15) is 0 Å². The van der Waals surface area contributed by atoms with Crippen molar-refractivity contribution in [3.05, 3.63) is 59.4 Å². The van der Waals surface area contributed by atoms with Crippen LogP contribution in [0.1, 0.15) is 25.0 Å². The number of nitrogens with zero attached hydrogens (tertiary/aromatic N) is 1. The van der Waals surface area contributed by atoms with Crippen molar-refractivity contribution in [2.75, 3.05) is 10.6 Å².